The van der Waals surface area contributed by atoms with Crippen LogP contribution in [0.4, 0.5) is 18.0 Å². The first kappa shape index (κ1) is 10.1. The molecule has 0 spiro atoms. The van der Waals surface area contributed by atoms with Crippen molar-refractivity contribution in [2.45, 2.75) is 6.18 Å². The lowest BCUT2D eigenvalue weighted by Crippen LogP contribution is -2.42. The number of ether oxygens (including phenoxy) is 1. The zero-order chi connectivity index (χ0) is 9.90. The van der Waals surface area contributed by atoms with Crippen LogP contribution in [0.1, 0.15) is 0 Å². The van der Waals surface area contributed by atoms with E-state index in [4.69, 9.17) is 4.74 Å². The van der Waals surface area contributed by atoms with Gasteiger partial charge in [-0.25, -0.2) is 4.79 Å². The van der Waals surface area contributed by atoms with Crippen molar-refractivity contribution in [3.63, 3.8) is 0 Å². The Balaban J connectivity index is 2.25. The summed E-state index contributed by atoms with van der Waals surface area (Å²) in [7, 11) is 0. The minimum atomic E-state index is -4.36. The van der Waals surface area contributed by atoms with Gasteiger partial charge in [0.2, 0.25) is 0 Å². The molecule has 0 bridgehead atoms. The zero-order valence-electron chi connectivity index (χ0n) is 6.73. The molecule has 1 saturated heterocycles. The highest BCUT2D eigenvalue weighted by atomic mass is 19.4. The van der Waals surface area contributed by atoms with Crippen LogP contribution in [-0.2, 0) is 4.74 Å². The van der Waals surface area contributed by atoms with Crippen molar-refractivity contribution in [1.29, 1.82) is 0 Å². The molecule has 1 fully saturated rings. The fourth-order valence-electron chi connectivity index (χ4n) is 0.862. The van der Waals surface area contributed by atoms with Gasteiger partial charge in [-0.2, -0.15) is 13.2 Å². The molecule has 1 rings (SSSR count). The summed E-state index contributed by atoms with van der Waals surface area (Å²) in [6.45, 7) is -0.533. The van der Waals surface area contributed by atoms with Crippen LogP contribution >= 0.6 is 0 Å². The van der Waals surface area contributed by atoms with Crippen LogP contribution in [0, 0.1) is 0 Å². The second-order valence-corrected chi connectivity index (χ2v) is 2.57. The minimum absolute atomic E-state index is 0.0592. The third kappa shape index (κ3) is 3.49. The average molecular weight is 198 g/mol. The summed E-state index contributed by atoms with van der Waals surface area (Å²) in [6.07, 6.45) is -4.36. The molecule has 0 atom stereocenters. The van der Waals surface area contributed by atoms with Crippen molar-refractivity contribution in [1.82, 2.24) is 10.2 Å². The predicted molar refractivity (Wildman–Crippen MR) is 37.0 cm³/mol. The van der Waals surface area contributed by atoms with E-state index in [1.807, 2.05) is 0 Å². The summed E-state index contributed by atoms with van der Waals surface area (Å²) in [5.74, 6) is 0. The molecule has 13 heavy (non-hydrogen) atoms. The molecular formula is C6H9F3N2O2. The van der Waals surface area contributed by atoms with Gasteiger partial charge in [0.25, 0.3) is 0 Å². The second kappa shape index (κ2) is 3.82. The largest absolute Gasteiger partial charge is 0.405 e. The lowest BCUT2D eigenvalue weighted by atomic mass is 10.6. The fraction of sp³-hybridized carbons (Fsp3) is 0.833. The van der Waals surface area contributed by atoms with Crippen LogP contribution in [0.15, 0.2) is 0 Å². The maximum atomic E-state index is 11.6. The molecule has 1 N–H and O–H groups in total. The fourth-order valence-corrected chi connectivity index (χ4v) is 0.862. The standard InChI is InChI=1S/C6H9F3N2O2/c7-6(8,9)3-10-5(12)11-1-2-13-4-11/h1-4H2,(H,10,12). The molecule has 0 saturated carbocycles. The number of nitrogens with zero attached hydrogens (tertiary/aromatic N) is 1. The van der Waals surface area contributed by atoms with Gasteiger partial charge < -0.3 is 10.1 Å². The number of nitrogens with one attached hydrogen (secondary N) is 1. The minimum Gasteiger partial charge on any atom is -0.359 e. The third-order valence-corrected chi connectivity index (χ3v) is 1.48. The molecule has 0 radical (unpaired) electrons. The van der Waals surface area contributed by atoms with Gasteiger partial charge in [-0.05, 0) is 0 Å². The van der Waals surface area contributed by atoms with Crippen LogP contribution in [0.25, 0.3) is 0 Å². The number of amides is 2. The highest BCUT2D eigenvalue weighted by molar-refractivity contribution is 5.74. The first-order valence-electron chi connectivity index (χ1n) is 3.66. The van der Waals surface area contributed by atoms with Gasteiger partial charge in [0, 0.05) is 6.54 Å². The Bertz CT molecular complexity index is 189. The molecule has 1 aliphatic heterocycles. The molecule has 7 heteroatoms. The molecule has 0 unspecified atom stereocenters. The van der Waals surface area contributed by atoms with Gasteiger partial charge in [0.15, 0.2) is 0 Å². The lowest BCUT2D eigenvalue weighted by Gasteiger charge is -2.15. The van der Waals surface area contributed by atoms with Crippen molar-refractivity contribution in [3.05, 3.63) is 0 Å². The van der Waals surface area contributed by atoms with Crippen LogP contribution < -0.4 is 5.32 Å². The topological polar surface area (TPSA) is 41.6 Å². The maximum absolute atomic E-state index is 11.6. The van der Waals surface area contributed by atoms with Crippen LogP contribution in [0.2, 0.25) is 0 Å². The van der Waals surface area contributed by atoms with Crippen LogP contribution in [0.5, 0.6) is 0 Å². The number of urea groups is 1. The molecular weight excluding hydrogens is 189 g/mol. The van der Waals surface area contributed by atoms with Crippen LogP contribution in [0.3, 0.4) is 0 Å². The number of rotatable bonds is 1. The van der Waals surface area contributed by atoms with Gasteiger partial charge >= 0.3 is 12.2 Å². The second-order valence-electron chi connectivity index (χ2n) is 2.57. The van der Waals surface area contributed by atoms with Gasteiger partial charge in [-0.15, -0.1) is 0 Å². The van der Waals surface area contributed by atoms with Crippen molar-refractivity contribution in [2.75, 3.05) is 26.4 Å². The lowest BCUT2D eigenvalue weighted by molar-refractivity contribution is -0.123. The summed E-state index contributed by atoms with van der Waals surface area (Å²) in [4.78, 5) is 12.1. The SMILES string of the molecule is O=C(NCC(F)(F)F)N1CCOC1. The normalized spacial score (nSPS) is 17.6. The van der Waals surface area contributed by atoms with E-state index in [-0.39, 0.29) is 6.73 Å². The first-order chi connectivity index (χ1) is 5.99. The van der Waals surface area contributed by atoms with Gasteiger partial charge in [-0.3, -0.25) is 4.90 Å². The van der Waals surface area contributed by atoms with Gasteiger partial charge in [0.1, 0.15) is 13.3 Å². The number of carbonyl (C=O) groups excluding carboxylic acids is 1. The molecule has 4 nitrogen and oxygen atoms in total. The van der Waals surface area contributed by atoms with Crippen LogP contribution in [-0.4, -0.2) is 43.5 Å². The quantitative estimate of drug-likeness (QED) is 0.668. The third-order valence-electron chi connectivity index (χ3n) is 1.48. The Morgan fingerprint density at radius 3 is 2.69 bits per heavy atom. The van der Waals surface area contributed by atoms with E-state index in [2.05, 4.69) is 0 Å². The number of carbonyl (C=O) groups is 1. The number of hydrogen-bond donors (Lipinski definition) is 1. The summed E-state index contributed by atoms with van der Waals surface area (Å²) in [5.41, 5.74) is 0. The Labute approximate surface area is 72.6 Å². The van der Waals surface area contributed by atoms with Crippen molar-refractivity contribution in [3.8, 4) is 0 Å². The summed E-state index contributed by atoms with van der Waals surface area (Å²) < 4.78 is 39.7. The highest BCUT2D eigenvalue weighted by Crippen LogP contribution is 2.12. The molecule has 0 aromatic heterocycles. The molecule has 1 heterocycles. The van der Waals surface area contributed by atoms with E-state index >= 15 is 0 Å². The summed E-state index contributed by atoms with van der Waals surface area (Å²) in [5, 5.41) is 1.75. The number of alkyl halides is 3. The molecule has 76 valence electrons. The van der Waals surface area contributed by atoms with E-state index in [1.54, 1.807) is 5.32 Å². The zero-order valence-corrected chi connectivity index (χ0v) is 6.73. The Hall–Kier alpha value is -0.980. The van der Waals surface area contributed by atoms with Gasteiger partial charge in [-0.1, -0.05) is 0 Å². The highest BCUT2D eigenvalue weighted by Gasteiger charge is 2.29. The van der Waals surface area contributed by atoms with E-state index < -0.39 is 18.8 Å². The predicted octanol–water partition coefficient (Wildman–Crippen LogP) is 0.548. The maximum Gasteiger partial charge on any atom is 0.405 e. The Morgan fingerprint density at radius 1 is 1.54 bits per heavy atom. The molecule has 0 aliphatic carbocycles. The number of hydrogen-bond acceptors (Lipinski definition) is 2. The monoisotopic (exact) mass is 198 g/mol. The number of halogens is 3. The average Bonchev–Trinajstić information content (AvgIpc) is 2.50. The van der Waals surface area contributed by atoms with Gasteiger partial charge in [0.05, 0.1) is 6.61 Å². The summed E-state index contributed by atoms with van der Waals surface area (Å²) >= 11 is 0. The molecule has 1 aliphatic rings. The van der Waals surface area contributed by atoms with Crippen molar-refractivity contribution >= 4 is 6.03 Å². The van der Waals surface area contributed by atoms with Crippen molar-refractivity contribution < 1.29 is 22.7 Å². The van der Waals surface area contributed by atoms with E-state index in [9.17, 15) is 18.0 Å². The molecule has 2 amide bonds. The van der Waals surface area contributed by atoms with E-state index in [0.717, 1.165) is 0 Å². The molecule has 0 aromatic carbocycles. The smallest absolute Gasteiger partial charge is 0.359 e. The summed E-state index contributed by atoms with van der Waals surface area (Å²) in [6, 6.07) is -0.741. The van der Waals surface area contributed by atoms with E-state index in [1.165, 1.54) is 4.90 Å². The molecule has 0 aromatic rings. The Morgan fingerprint density at radius 2 is 2.23 bits per heavy atom. The van der Waals surface area contributed by atoms with E-state index in [0.29, 0.717) is 13.2 Å². The van der Waals surface area contributed by atoms with Crippen molar-refractivity contribution in [2.24, 2.45) is 0 Å². The Kier molecular flexibility index (Phi) is 2.97. The first-order valence-corrected chi connectivity index (χ1v) is 3.66.